The van der Waals surface area contributed by atoms with Crippen LogP contribution in [0.1, 0.15) is 10.5 Å². The lowest BCUT2D eigenvalue weighted by Gasteiger charge is -2.21. The third-order valence-electron chi connectivity index (χ3n) is 4.34. The van der Waals surface area contributed by atoms with E-state index in [1.807, 2.05) is 84.9 Å². The van der Waals surface area contributed by atoms with Crippen molar-refractivity contribution in [2.45, 2.75) is 0 Å². The second-order valence-electron chi connectivity index (χ2n) is 6.12. The number of rotatable bonds is 5. The van der Waals surface area contributed by atoms with E-state index >= 15 is 0 Å². The SMILES string of the molecule is COc1ccc(-c2cc(C(=O)N(c3ccccc3)c3ccccc3)no2)cc1. The minimum Gasteiger partial charge on any atom is -0.497 e. The van der Waals surface area contributed by atoms with E-state index in [-0.39, 0.29) is 11.6 Å². The number of hydrogen-bond donors (Lipinski definition) is 0. The van der Waals surface area contributed by atoms with Crippen LogP contribution in [0.15, 0.2) is 95.5 Å². The highest BCUT2D eigenvalue weighted by Crippen LogP contribution is 2.29. The molecule has 0 N–H and O–H groups in total. The van der Waals surface area contributed by atoms with E-state index in [9.17, 15) is 4.79 Å². The standard InChI is InChI=1S/C23H18N2O3/c1-27-20-14-12-17(13-15-20)22-16-21(24-28-22)23(26)25(18-8-4-2-5-9-18)19-10-6-3-7-11-19/h2-16H,1H3. The van der Waals surface area contributed by atoms with E-state index in [4.69, 9.17) is 9.26 Å². The predicted octanol–water partition coefficient (Wildman–Crippen LogP) is 5.33. The second-order valence-corrected chi connectivity index (χ2v) is 6.12. The molecule has 3 aromatic carbocycles. The molecule has 0 fully saturated rings. The van der Waals surface area contributed by atoms with Gasteiger partial charge in [0.25, 0.3) is 5.91 Å². The lowest BCUT2D eigenvalue weighted by Crippen LogP contribution is -2.26. The van der Waals surface area contributed by atoms with Gasteiger partial charge in [0.1, 0.15) is 5.75 Å². The zero-order valence-electron chi connectivity index (χ0n) is 15.3. The van der Waals surface area contributed by atoms with Crippen molar-refractivity contribution in [1.82, 2.24) is 5.16 Å². The van der Waals surface area contributed by atoms with Gasteiger partial charge in [-0.25, -0.2) is 0 Å². The molecule has 0 bridgehead atoms. The Labute approximate surface area is 162 Å². The lowest BCUT2D eigenvalue weighted by molar-refractivity contribution is 0.0990. The van der Waals surface area contributed by atoms with Crippen molar-refractivity contribution >= 4 is 17.3 Å². The van der Waals surface area contributed by atoms with E-state index in [0.29, 0.717) is 5.76 Å². The number of hydrogen-bond acceptors (Lipinski definition) is 4. The fourth-order valence-electron chi connectivity index (χ4n) is 2.92. The fraction of sp³-hybridized carbons (Fsp3) is 0.0435. The van der Waals surface area contributed by atoms with Crippen LogP contribution in [0.25, 0.3) is 11.3 Å². The Bertz CT molecular complexity index is 1020. The summed E-state index contributed by atoms with van der Waals surface area (Å²) in [4.78, 5) is 14.9. The fourth-order valence-corrected chi connectivity index (χ4v) is 2.92. The molecule has 0 radical (unpaired) electrons. The molecule has 0 atom stereocenters. The van der Waals surface area contributed by atoms with Crippen LogP contribution >= 0.6 is 0 Å². The Kier molecular flexibility index (Phi) is 4.89. The first-order valence-corrected chi connectivity index (χ1v) is 8.82. The molecule has 28 heavy (non-hydrogen) atoms. The molecule has 138 valence electrons. The molecule has 0 aliphatic heterocycles. The molecule has 5 heteroatoms. The largest absolute Gasteiger partial charge is 0.497 e. The van der Waals surface area contributed by atoms with Crippen molar-refractivity contribution in [2.75, 3.05) is 12.0 Å². The van der Waals surface area contributed by atoms with Crippen LogP contribution in [0.5, 0.6) is 5.75 Å². The van der Waals surface area contributed by atoms with Crippen molar-refractivity contribution in [3.8, 4) is 17.1 Å². The number of benzene rings is 3. The molecule has 4 rings (SSSR count). The van der Waals surface area contributed by atoms with Crippen LogP contribution in [-0.4, -0.2) is 18.2 Å². The van der Waals surface area contributed by atoms with Crippen LogP contribution in [0.2, 0.25) is 0 Å². The van der Waals surface area contributed by atoms with Gasteiger partial charge >= 0.3 is 0 Å². The molecule has 0 unspecified atom stereocenters. The van der Waals surface area contributed by atoms with Gasteiger partial charge in [-0.2, -0.15) is 0 Å². The van der Waals surface area contributed by atoms with Crippen LogP contribution in [0, 0.1) is 0 Å². The summed E-state index contributed by atoms with van der Waals surface area (Å²) in [6.45, 7) is 0. The minimum absolute atomic E-state index is 0.235. The van der Waals surface area contributed by atoms with Gasteiger partial charge in [0.05, 0.1) is 7.11 Å². The number of para-hydroxylation sites is 2. The van der Waals surface area contributed by atoms with Crippen LogP contribution in [0.4, 0.5) is 11.4 Å². The maximum absolute atomic E-state index is 13.3. The van der Waals surface area contributed by atoms with Crippen LogP contribution in [0.3, 0.4) is 0 Å². The Morgan fingerprint density at radius 3 is 1.96 bits per heavy atom. The van der Waals surface area contributed by atoms with Crippen molar-refractivity contribution in [3.63, 3.8) is 0 Å². The second kappa shape index (κ2) is 7.80. The molecule has 5 nitrogen and oxygen atoms in total. The summed E-state index contributed by atoms with van der Waals surface area (Å²) in [5, 5.41) is 4.01. The normalized spacial score (nSPS) is 10.5. The van der Waals surface area contributed by atoms with Crippen molar-refractivity contribution in [1.29, 1.82) is 0 Å². The van der Waals surface area contributed by atoms with Gasteiger partial charge in [0.2, 0.25) is 0 Å². The van der Waals surface area contributed by atoms with Crippen molar-refractivity contribution in [3.05, 3.63) is 96.7 Å². The summed E-state index contributed by atoms with van der Waals surface area (Å²) in [5.74, 6) is 1.01. The first-order valence-electron chi connectivity index (χ1n) is 8.82. The predicted molar refractivity (Wildman–Crippen MR) is 108 cm³/mol. The Morgan fingerprint density at radius 1 is 0.857 bits per heavy atom. The van der Waals surface area contributed by atoms with Gasteiger partial charge in [-0.15, -0.1) is 0 Å². The highest BCUT2D eigenvalue weighted by Gasteiger charge is 2.23. The summed E-state index contributed by atoms with van der Waals surface area (Å²) in [5.41, 5.74) is 2.57. The average Bonchev–Trinajstić information content (AvgIpc) is 3.26. The molecule has 1 aromatic heterocycles. The number of amides is 1. The maximum atomic E-state index is 13.3. The highest BCUT2D eigenvalue weighted by atomic mass is 16.5. The zero-order valence-corrected chi connectivity index (χ0v) is 15.3. The number of methoxy groups -OCH3 is 1. The van der Waals surface area contributed by atoms with E-state index < -0.39 is 0 Å². The summed E-state index contributed by atoms with van der Waals surface area (Å²) in [6, 6.07) is 28.0. The van der Waals surface area contributed by atoms with Crippen LogP contribution in [-0.2, 0) is 0 Å². The lowest BCUT2D eigenvalue weighted by atomic mass is 10.1. The molecule has 4 aromatic rings. The number of carbonyl (C=O) groups is 1. The molecule has 0 aliphatic rings. The zero-order chi connectivity index (χ0) is 19.3. The van der Waals surface area contributed by atoms with Gasteiger partial charge < -0.3 is 9.26 Å². The van der Waals surface area contributed by atoms with E-state index in [1.54, 1.807) is 18.1 Å². The summed E-state index contributed by atoms with van der Waals surface area (Å²) in [6.07, 6.45) is 0. The smallest absolute Gasteiger partial charge is 0.285 e. The maximum Gasteiger partial charge on any atom is 0.285 e. The van der Waals surface area contributed by atoms with Crippen molar-refractivity contribution in [2.24, 2.45) is 0 Å². The van der Waals surface area contributed by atoms with Gasteiger partial charge in [-0.05, 0) is 48.5 Å². The summed E-state index contributed by atoms with van der Waals surface area (Å²) in [7, 11) is 1.61. The van der Waals surface area contributed by atoms with Crippen molar-refractivity contribution < 1.29 is 14.1 Å². The number of anilines is 2. The first kappa shape index (κ1) is 17.5. The van der Waals surface area contributed by atoms with Gasteiger partial charge in [0, 0.05) is 23.0 Å². The van der Waals surface area contributed by atoms with Gasteiger partial charge in [-0.1, -0.05) is 41.6 Å². The molecular weight excluding hydrogens is 352 g/mol. The quantitative estimate of drug-likeness (QED) is 0.476. The number of nitrogens with zero attached hydrogens (tertiary/aromatic N) is 2. The summed E-state index contributed by atoms with van der Waals surface area (Å²) < 4.78 is 10.6. The molecule has 0 spiro atoms. The number of carbonyl (C=O) groups excluding carboxylic acids is 1. The Morgan fingerprint density at radius 2 is 1.43 bits per heavy atom. The van der Waals surface area contributed by atoms with Crippen LogP contribution < -0.4 is 9.64 Å². The Balaban J connectivity index is 1.69. The molecule has 0 saturated carbocycles. The van der Waals surface area contributed by atoms with E-state index in [0.717, 1.165) is 22.7 Å². The van der Waals surface area contributed by atoms with E-state index in [2.05, 4.69) is 5.16 Å². The Hall–Kier alpha value is -3.86. The molecular formula is C23H18N2O3. The molecule has 0 aliphatic carbocycles. The third-order valence-corrected chi connectivity index (χ3v) is 4.34. The highest BCUT2D eigenvalue weighted by molar-refractivity contribution is 6.10. The summed E-state index contributed by atoms with van der Waals surface area (Å²) >= 11 is 0. The van der Waals surface area contributed by atoms with Gasteiger partial charge in [-0.3, -0.25) is 9.69 Å². The molecule has 1 heterocycles. The van der Waals surface area contributed by atoms with E-state index in [1.165, 1.54) is 0 Å². The molecule has 0 saturated heterocycles. The third kappa shape index (κ3) is 3.50. The first-order chi connectivity index (χ1) is 13.8. The molecule has 1 amide bonds. The number of ether oxygens (including phenoxy) is 1. The monoisotopic (exact) mass is 370 g/mol. The average molecular weight is 370 g/mol. The van der Waals surface area contributed by atoms with Gasteiger partial charge in [0.15, 0.2) is 11.5 Å². The minimum atomic E-state index is -0.263. The topological polar surface area (TPSA) is 55.6 Å². The number of aromatic nitrogens is 1.